The molecule has 1 aliphatic carbocycles. The number of hydrogen-bond acceptors (Lipinski definition) is 2. The maximum Gasteiger partial charge on any atom is 0.0442 e. The van der Waals surface area contributed by atoms with Crippen molar-refractivity contribution >= 4 is 0 Å². The van der Waals surface area contributed by atoms with Crippen LogP contribution in [0.4, 0.5) is 0 Å². The molecule has 2 bridgehead atoms. The zero-order valence-corrected chi connectivity index (χ0v) is 7.66. The van der Waals surface area contributed by atoms with E-state index in [-0.39, 0.29) is 0 Å². The molecule has 2 aliphatic rings. The van der Waals surface area contributed by atoms with Crippen LogP contribution < -0.4 is 5.32 Å². The van der Waals surface area contributed by atoms with Crippen molar-refractivity contribution in [3.63, 3.8) is 0 Å². The second-order valence-corrected chi connectivity index (χ2v) is 4.20. The fourth-order valence-electron chi connectivity index (χ4n) is 2.69. The highest BCUT2D eigenvalue weighted by molar-refractivity contribution is 5.28. The minimum Gasteiger partial charge on any atom is -0.316 e. The van der Waals surface area contributed by atoms with Crippen LogP contribution in [0.2, 0.25) is 0 Å². The maximum absolute atomic E-state index is 4.47. The Morgan fingerprint density at radius 3 is 3.38 bits per heavy atom. The number of pyridine rings is 1. The average molecular weight is 174 g/mol. The molecule has 1 unspecified atom stereocenters. The van der Waals surface area contributed by atoms with Crippen molar-refractivity contribution in [2.45, 2.75) is 18.8 Å². The summed E-state index contributed by atoms with van der Waals surface area (Å²) in [7, 11) is 0. The van der Waals surface area contributed by atoms with Crippen molar-refractivity contribution in [1.82, 2.24) is 10.3 Å². The predicted molar refractivity (Wildman–Crippen MR) is 51.7 cm³/mol. The highest BCUT2D eigenvalue weighted by atomic mass is 14.9. The summed E-state index contributed by atoms with van der Waals surface area (Å²) in [6, 6.07) is 4.31. The van der Waals surface area contributed by atoms with Crippen LogP contribution in [0.1, 0.15) is 23.6 Å². The first kappa shape index (κ1) is 7.51. The molecule has 2 nitrogen and oxygen atoms in total. The Labute approximate surface area is 78.4 Å². The molecule has 1 aliphatic heterocycles. The highest BCUT2D eigenvalue weighted by Crippen LogP contribution is 2.35. The van der Waals surface area contributed by atoms with Crippen LogP contribution in [0.3, 0.4) is 0 Å². The minimum atomic E-state index is 0.733. The van der Waals surface area contributed by atoms with E-state index in [0.717, 1.165) is 18.4 Å². The molecule has 0 amide bonds. The van der Waals surface area contributed by atoms with E-state index >= 15 is 0 Å². The second kappa shape index (κ2) is 2.81. The first-order valence-corrected chi connectivity index (χ1v) is 5.08. The molecule has 3 rings (SSSR count). The monoisotopic (exact) mass is 174 g/mol. The van der Waals surface area contributed by atoms with E-state index in [9.17, 15) is 0 Å². The van der Waals surface area contributed by atoms with E-state index in [1.54, 1.807) is 0 Å². The molecule has 1 aromatic rings. The Balaban J connectivity index is 2.06. The summed E-state index contributed by atoms with van der Waals surface area (Å²) in [6.45, 7) is 2.34. The largest absolute Gasteiger partial charge is 0.316 e. The van der Waals surface area contributed by atoms with Crippen LogP contribution in [0.15, 0.2) is 18.3 Å². The van der Waals surface area contributed by atoms with Gasteiger partial charge in [0.2, 0.25) is 0 Å². The standard InChI is InChI=1S/C11H14N2/c1-2-10-9-4-8(6-12-7-9)5-11(10)13-3-1/h1-3,8-9,12H,4-7H2/t8-,9?/m0/s1. The van der Waals surface area contributed by atoms with Gasteiger partial charge in [-0.15, -0.1) is 0 Å². The third kappa shape index (κ3) is 1.17. The number of piperidine rings is 1. The van der Waals surface area contributed by atoms with Gasteiger partial charge in [0.15, 0.2) is 0 Å². The Hall–Kier alpha value is -0.890. The number of hydrogen-bond donors (Lipinski definition) is 1. The lowest BCUT2D eigenvalue weighted by atomic mass is 9.77. The number of aromatic nitrogens is 1. The van der Waals surface area contributed by atoms with E-state index in [2.05, 4.69) is 22.4 Å². The summed E-state index contributed by atoms with van der Waals surface area (Å²) in [4.78, 5) is 4.47. The number of rotatable bonds is 0. The normalized spacial score (nSPS) is 31.1. The van der Waals surface area contributed by atoms with Crippen molar-refractivity contribution in [3.05, 3.63) is 29.6 Å². The van der Waals surface area contributed by atoms with Gasteiger partial charge < -0.3 is 5.32 Å². The van der Waals surface area contributed by atoms with Gasteiger partial charge in [-0.3, -0.25) is 4.98 Å². The van der Waals surface area contributed by atoms with Crippen LogP contribution in [0, 0.1) is 5.92 Å². The Bertz CT molecular complexity index is 322. The summed E-state index contributed by atoms with van der Waals surface area (Å²) >= 11 is 0. The summed E-state index contributed by atoms with van der Waals surface area (Å²) in [6.07, 6.45) is 4.47. The molecule has 0 radical (unpaired) electrons. The quantitative estimate of drug-likeness (QED) is 0.642. The van der Waals surface area contributed by atoms with Crippen molar-refractivity contribution < 1.29 is 0 Å². The predicted octanol–water partition coefficient (Wildman–Crippen LogP) is 1.33. The molecule has 0 saturated carbocycles. The zero-order chi connectivity index (χ0) is 8.67. The molecule has 2 heteroatoms. The van der Waals surface area contributed by atoms with Gasteiger partial charge in [0.1, 0.15) is 0 Å². The van der Waals surface area contributed by atoms with Crippen molar-refractivity contribution in [1.29, 1.82) is 0 Å². The summed E-state index contributed by atoms with van der Waals surface area (Å²) in [5, 5.41) is 3.50. The smallest absolute Gasteiger partial charge is 0.0442 e. The Morgan fingerprint density at radius 2 is 2.38 bits per heavy atom. The third-order valence-corrected chi connectivity index (χ3v) is 3.29. The van der Waals surface area contributed by atoms with Crippen LogP contribution in [-0.2, 0) is 6.42 Å². The molecule has 2 heterocycles. The van der Waals surface area contributed by atoms with Crippen molar-refractivity contribution in [3.8, 4) is 0 Å². The number of nitrogens with zero attached hydrogens (tertiary/aromatic N) is 1. The maximum atomic E-state index is 4.47. The number of fused-ring (bicyclic) bond motifs is 4. The van der Waals surface area contributed by atoms with Crippen LogP contribution in [-0.4, -0.2) is 18.1 Å². The molecular formula is C11H14N2. The highest BCUT2D eigenvalue weighted by Gasteiger charge is 2.30. The molecule has 0 aromatic carbocycles. The molecular weight excluding hydrogens is 160 g/mol. The lowest BCUT2D eigenvalue weighted by Gasteiger charge is -2.35. The topological polar surface area (TPSA) is 24.9 Å². The van der Waals surface area contributed by atoms with Gasteiger partial charge >= 0.3 is 0 Å². The number of nitrogens with one attached hydrogen (secondary N) is 1. The van der Waals surface area contributed by atoms with Gasteiger partial charge in [-0.1, -0.05) is 6.07 Å². The van der Waals surface area contributed by atoms with Gasteiger partial charge in [0.25, 0.3) is 0 Å². The molecule has 1 N–H and O–H groups in total. The Morgan fingerprint density at radius 1 is 1.38 bits per heavy atom. The van der Waals surface area contributed by atoms with Crippen LogP contribution in [0.25, 0.3) is 0 Å². The molecule has 13 heavy (non-hydrogen) atoms. The van der Waals surface area contributed by atoms with Gasteiger partial charge in [-0.2, -0.15) is 0 Å². The van der Waals surface area contributed by atoms with E-state index in [1.165, 1.54) is 30.6 Å². The van der Waals surface area contributed by atoms with Crippen LogP contribution >= 0.6 is 0 Å². The fraction of sp³-hybridized carbons (Fsp3) is 0.545. The molecule has 1 saturated heterocycles. The van der Waals surface area contributed by atoms with E-state index in [1.807, 2.05) is 6.20 Å². The molecule has 1 fully saturated rings. The van der Waals surface area contributed by atoms with Crippen molar-refractivity contribution in [2.75, 3.05) is 13.1 Å². The lowest BCUT2D eigenvalue weighted by molar-refractivity contribution is 0.314. The first-order chi connectivity index (χ1) is 6.43. The summed E-state index contributed by atoms with van der Waals surface area (Å²) in [5.74, 6) is 1.57. The minimum absolute atomic E-state index is 0.733. The van der Waals surface area contributed by atoms with Gasteiger partial charge in [0.05, 0.1) is 0 Å². The van der Waals surface area contributed by atoms with E-state index in [0.29, 0.717) is 0 Å². The average Bonchev–Trinajstić information content (AvgIpc) is 2.18. The fourth-order valence-corrected chi connectivity index (χ4v) is 2.69. The van der Waals surface area contributed by atoms with Crippen LogP contribution in [0.5, 0.6) is 0 Å². The van der Waals surface area contributed by atoms with Gasteiger partial charge in [0, 0.05) is 18.4 Å². The van der Waals surface area contributed by atoms with Gasteiger partial charge in [-0.25, -0.2) is 0 Å². The zero-order valence-electron chi connectivity index (χ0n) is 7.66. The molecule has 1 aromatic heterocycles. The second-order valence-electron chi connectivity index (χ2n) is 4.20. The molecule has 2 atom stereocenters. The Kier molecular flexibility index (Phi) is 1.62. The third-order valence-electron chi connectivity index (χ3n) is 3.29. The molecule has 68 valence electrons. The lowest BCUT2D eigenvalue weighted by Crippen LogP contribution is -2.39. The van der Waals surface area contributed by atoms with Gasteiger partial charge in [-0.05, 0) is 42.9 Å². The SMILES string of the molecule is c1cnc2c(c1)C1CNC[C@H](C2)C1. The summed E-state index contributed by atoms with van der Waals surface area (Å²) in [5.41, 5.74) is 2.84. The van der Waals surface area contributed by atoms with E-state index in [4.69, 9.17) is 0 Å². The van der Waals surface area contributed by atoms with E-state index < -0.39 is 0 Å². The molecule has 0 spiro atoms. The van der Waals surface area contributed by atoms with Crippen molar-refractivity contribution in [2.24, 2.45) is 5.92 Å². The summed E-state index contributed by atoms with van der Waals surface area (Å²) < 4.78 is 0. The first-order valence-electron chi connectivity index (χ1n) is 5.08.